The smallest absolute Gasteiger partial charge is 0.326 e. The average Bonchev–Trinajstić information content (AvgIpc) is 3.16. The van der Waals surface area contributed by atoms with Gasteiger partial charge in [-0.05, 0) is 31.0 Å². The molecule has 158 valence electrons. The topological polar surface area (TPSA) is 103 Å². The summed E-state index contributed by atoms with van der Waals surface area (Å²) in [5.41, 5.74) is 1.67. The highest BCUT2D eigenvalue weighted by atomic mass is 16.5. The molecule has 1 amide bonds. The first-order chi connectivity index (χ1) is 15.0. The van der Waals surface area contributed by atoms with Crippen LogP contribution < -0.4 is 10.9 Å². The van der Waals surface area contributed by atoms with E-state index in [0.29, 0.717) is 24.1 Å². The van der Waals surface area contributed by atoms with Crippen LogP contribution in [0.5, 0.6) is 0 Å². The number of carbonyl (C=O) groups excluding carboxylic acids is 2. The zero-order valence-electron chi connectivity index (χ0n) is 16.9. The molecule has 0 bridgehead atoms. The number of hydrogen-bond acceptors (Lipinski definition) is 6. The highest BCUT2D eigenvalue weighted by Gasteiger charge is 2.19. The second-order valence-corrected chi connectivity index (χ2v) is 7.11. The minimum atomic E-state index is -0.984. The number of nitrogens with one attached hydrogen (secondary N) is 1. The Kier molecular flexibility index (Phi) is 5.79. The molecule has 4 aromatic rings. The van der Waals surface area contributed by atoms with E-state index in [1.807, 2.05) is 42.5 Å². The van der Waals surface area contributed by atoms with Gasteiger partial charge in [0.1, 0.15) is 17.6 Å². The molecule has 4 rings (SSSR count). The first-order valence-corrected chi connectivity index (χ1v) is 9.91. The van der Waals surface area contributed by atoms with Crippen molar-refractivity contribution < 1.29 is 18.7 Å². The molecule has 0 aliphatic heterocycles. The van der Waals surface area contributed by atoms with Crippen molar-refractivity contribution in [3.63, 3.8) is 0 Å². The van der Waals surface area contributed by atoms with Gasteiger partial charge in [-0.2, -0.15) is 0 Å². The van der Waals surface area contributed by atoms with Crippen LogP contribution >= 0.6 is 0 Å². The van der Waals surface area contributed by atoms with Gasteiger partial charge in [-0.3, -0.25) is 19.0 Å². The Hall–Kier alpha value is -3.94. The van der Waals surface area contributed by atoms with E-state index in [1.54, 1.807) is 12.1 Å². The summed E-state index contributed by atoms with van der Waals surface area (Å²) >= 11 is 0. The molecular weight excluding hydrogens is 398 g/mol. The maximum atomic E-state index is 12.7. The van der Waals surface area contributed by atoms with E-state index in [-0.39, 0.29) is 12.1 Å². The zero-order chi connectivity index (χ0) is 21.8. The number of nitrogens with zero attached hydrogens (tertiary/aromatic N) is 2. The minimum absolute atomic E-state index is 0.0724. The van der Waals surface area contributed by atoms with Gasteiger partial charge in [0, 0.05) is 11.9 Å². The molecule has 0 aliphatic carbocycles. The monoisotopic (exact) mass is 419 g/mol. The van der Waals surface area contributed by atoms with Gasteiger partial charge >= 0.3 is 5.97 Å². The predicted molar refractivity (Wildman–Crippen MR) is 114 cm³/mol. The Morgan fingerprint density at radius 2 is 1.87 bits per heavy atom. The van der Waals surface area contributed by atoms with E-state index in [4.69, 9.17) is 9.15 Å². The normalized spacial score (nSPS) is 12.0. The van der Waals surface area contributed by atoms with Crippen molar-refractivity contribution in [1.29, 1.82) is 0 Å². The Bertz CT molecular complexity index is 1290. The van der Waals surface area contributed by atoms with Crippen LogP contribution in [0.15, 0.2) is 70.1 Å². The lowest BCUT2D eigenvalue weighted by atomic mass is 10.1. The molecule has 1 atom stereocenters. The molecule has 1 N–H and O–H groups in total. The first kappa shape index (κ1) is 20.3. The van der Waals surface area contributed by atoms with Crippen LogP contribution in [-0.2, 0) is 27.3 Å². The largest absolute Gasteiger partial charge is 0.451 e. The summed E-state index contributed by atoms with van der Waals surface area (Å²) in [7, 11) is 0. The molecule has 8 nitrogen and oxygen atoms in total. The molecule has 0 aliphatic rings. The van der Waals surface area contributed by atoms with Gasteiger partial charge in [0.25, 0.3) is 11.5 Å². The fraction of sp³-hybridized carbons (Fsp3) is 0.217. The third-order valence-corrected chi connectivity index (χ3v) is 4.88. The zero-order valence-corrected chi connectivity index (χ0v) is 16.9. The van der Waals surface area contributed by atoms with E-state index < -0.39 is 23.5 Å². The summed E-state index contributed by atoms with van der Waals surface area (Å²) in [6, 6.07) is 16.9. The lowest BCUT2D eigenvalue weighted by Crippen LogP contribution is -2.38. The van der Waals surface area contributed by atoms with Crippen molar-refractivity contribution in [2.45, 2.75) is 26.0 Å². The Morgan fingerprint density at radius 1 is 1.13 bits per heavy atom. The summed E-state index contributed by atoms with van der Waals surface area (Å²) in [4.78, 5) is 41.4. The molecular formula is C23H21N3O5. The Labute approximate surface area is 177 Å². The fourth-order valence-electron chi connectivity index (χ4n) is 3.27. The van der Waals surface area contributed by atoms with Gasteiger partial charge in [0.2, 0.25) is 5.58 Å². The summed E-state index contributed by atoms with van der Waals surface area (Å²) in [6.07, 6.45) is 0.964. The Balaban J connectivity index is 1.36. The van der Waals surface area contributed by atoms with Crippen LogP contribution in [0.4, 0.5) is 0 Å². The number of ether oxygens (including phenoxy) is 1. The number of fused-ring (bicyclic) bond motifs is 3. The molecule has 0 saturated heterocycles. The number of aromatic nitrogens is 2. The molecule has 2 heterocycles. The van der Waals surface area contributed by atoms with Crippen molar-refractivity contribution in [2.75, 3.05) is 6.54 Å². The second kappa shape index (κ2) is 8.83. The van der Waals surface area contributed by atoms with Gasteiger partial charge in [-0.15, -0.1) is 0 Å². The fourth-order valence-corrected chi connectivity index (χ4v) is 3.27. The van der Waals surface area contributed by atoms with E-state index in [9.17, 15) is 14.4 Å². The highest BCUT2D eigenvalue weighted by Crippen LogP contribution is 2.23. The van der Waals surface area contributed by atoms with E-state index in [2.05, 4.69) is 10.3 Å². The van der Waals surface area contributed by atoms with Crippen molar-refractivity contribution in [3.05, 3.63) is 76.8 Å². The third-order valence-electron chi connectivity index (χ3n) is 4.88. The number of para-hydroxylation sites is 1. The average molecular weight is 419 g/mol. The quantitative estimate of drug-likeness (QED) is 0.462. The number of rotatable bonds is 7. The molecule has 0 fully saturated rings. The summed E-state index contributed by atoms with van der Waals surface area (Å²) in [6.45, 7) is 1.54. The van der Waals surface area contributed by atoms with Crippen molar-refractivity contribution in [3.8, 4) is 0 Å². The minimum Gasteiger partial charge on any atom is -0.451 e. The molecule has 0 saturated carbocycles. The van der Waals surface area contributed by atoms with Crippen LogP contribution in [0.3, 0.4) is 0 Å². The highest BCUT2D eigenvalue weighted by molar-refractivity contribution is 6.01. The second-order valence-electron chi connectivity index (χ2n) is 7.11. The molecule has 0 spiro atoms. The lowest BCUT2D eigenvalue weighted by Gasteiger charge is -2.14. The van der Waals surface area contributed by atoms with Gasteiger partial charge in [0.15, 0.2) is 6.10 Å². The molecule has 2 aromatic heterocycles. The van der Waals surface area contributed by atoms with Gasteiger partial charge in [-0.1, -0.05) is 42.5 Å². The number of amides is 1. The van der Waals surface area contributed by atoms with Crippen molar-refractivity contribution >= 4 is 33.9 Å². The first-order valence-electron chi connectivity index (χ1n) is 9.91. The van der Waals surface area contributed by atoms with Crippen LogP contribution in [0, 0.1) is 0 Å². The number of benzene rings is 2. The molecule has 2 aromatic carbocycles. The SMILES string of the molecule is CC(OC(=O)Cn1cnc2c(oc3ccccc32)c1=O)C(=O)NCCc1ccccc1. The van der Waals surface area contributed by atoms with Gasteiger partial charge in [-0.25, -0.2) is 4.98 Å². The number of carbonyl (C=O) groups is 2. The standard InChI is InChI=1S/C23H21N3O5/c1-15(22(28)24-12-11-16-7-3-2-4-8-16)30-19(27)13-26-14-25-20-17-9-5-6-10-18(17)31-21(20)23(26)29/h2-10,14-15H,11-13H2,1H3,(H,24,28). The van der Waals surface area contributed by atoms with E-state index in [1.165, 1.54) is 13.3 Å². The van der Waals surface area contributed by atoms with Crippen LogP contribution in [0.1, 0.15) is 12.5 Å². The maximum Gasteiger partial charge on any atom is 0.326 e. The number of hydrogen-bond donors (Lipinski definition) is 1. The number of furan rings is 1. The summed E-state index contributed by atoms with van der Waals surface area (Å²) < 4.78 is 11.9. The Morgan fingerprint density at radius 3 is 2.68 bits per heavy atom. The van der Waals surface area contributed by atoms with Gasteiger partial charge in [0.05, 0.1) is 6.33 Å². The summed E-state index contributed by atoms with van der Waals surface area (Å²) in [5.74, 6) is -1.12. The number of esters is 1. The lowest BCUT2D eigenvalue weighted by molar-refractivity contribution is -0.155. The molecule has 8 heteroatoms. The molecule has 0 radical (unpaired) electrons. The molecule has 31 heavy (non-hydrogen) atoms. The van der Waals surface area contributed by atoms with E-state index in [0.717, 1.165) is 15.5 Å². The third kappa shape index (κ3) is 4.48. The van der Waals surface area contributed by atoms with Crippen molar-refractivity contribution in [2.24, 2.45) is 0 Å². The molecule has 1 unspecified atom stereocenters. The van der Waals surface area contributed by atoms with Crippen molar-refractivity contribution in [1.82, 2.24) is 14.9 Å². The van der Waals surface area contributed by atoms with E-state index >= 15 is 0 Å². The maximum absolute atomic E-state index is 12.7. The summed E-state index contributed by atoms with van der Waals surface area (Å²) in [5, 5.41) is 3.47. The van der Waals surface area contributed by atoms with Crippen LogP contribution in [0.25, 0.3) is 22.1 Å². The van der Waals surface area contributed by atoms with Crippen LogP contribution in [-0.4, -0.2) is 34.1 Å². The van der Waals surface area contributed by atoms with Crippen LogP contribution in [0.2, 0.25) is 0 Å². The van der Waals surface area contributed by atoms with Gasteiger partial charge < -0.3 is 14.5 Å². The predicted octanol–water partition coefficient (Wildman–Crippen LogP) is 2.43.